The third-order valence-corrected chi connectivity index (χ3v) is 3.92. The van der Waals surface area contributed by atoms with E-state index in [1.807, 2.05) is 12.1 Å². The molecule has 20 heavy (non-hydrogen) atoms. The third kappa shape index (κ3) is 4.57. The predicted octanol–water partition coefficient (Wildman–Crippen LogP) is 3.94. The highest BCUT2D eigenvalue weighted by atomic mass is 35.5. The van der Waals surface area contributed by atoms with Crippen LogP contribution in [0, 0.1) is 0 Å². The summed E-state index contributed by atoms with van der Waals surface area (Å²) in [5, 5.41) is 3.67. The van der Waals surface area contributed by atoms with Crippen LogP contribution in [0.4, 0.5) is 0 Å². The van der Waals surface area contributed by atoms with Crippen molar-refractivity contribution in [2.45, 2.75) is 51.1 Å². The van der Waals surface area contributed by atoms with E-state index in [2.05, 4.69) is 11.4 Å². The van der Waals surface area contributed by atoms with E-state index in [4.69, 9.17) is 9.47 Å². The fourth-order valence-corrected chi connectivity index (χ4v) is 2.83. The van der Waals surface area contributed by atoms with Gasteiger partial charge in [-0.2, -0.15) is 0 Å². The molecule has 0 amide bonds. The van der Waals surface area contributed by atoms with Gasteiger partial charge in [-0.1, -0.05) is 37.8 Å². The second kappa shape index (κ2) is 9.09. The van der Waals surface area contributed by atoms with Crippen LogP contribution in [-0.2, 0) is 6.54 Å². The third-order valence-electron chi connectivity index (χ3n) is 3.92. The lowest BCUT2D eigenvalue weighted by molar-refractivity contribution is 0.349. The van der Waals surface area contributed by atoms with Crippen molar-refractivity contribution in [2.75, 3.05) is 14.2 Å². The largest absolute Gasteiger partial charge is 0.493 e. The number of halogens is 1. The van der Waals surface area contributed by atoms with Crippen molar-refractivity contribution in [1.82, 2.24) is 5.32 Å². The molecule has 1 aromatic rings. The minimum absolute atomic E-state index is 0. The fourth-order valence-electron chi connectivity index (χ4n) is 2.83. The summed E-state index contributed by atoms with van der Waals surface area (Å²) in [4.78, 5) is 0. The van der Waals surface area contributed by atoms with Gasteiger partial charge in [0, 0.05) is 18.2 Å². The van der Waals surface area contributed by atoms with Gasteiger partial charge in [0.25, 0.3) is 0 Å². The number of benzene rings is 1. The van der Waals surface area contributed by atoms with Crippen molar-refractivity contribution in [1.29, 1.82) is 0 Å². The average molecular weight is 300 g/mol. The van der Waals surface area contributed by atoms with E-state index in [9.17, 15) is 0 Å². The maximum atomic E-state index is 5.47. The predicted molar refractivity (Wildman–Crippen MR) is 85.1 cm³/mol. The van der Waals surface area contributed by atoms with Crippen LogP contribution >= 0.6 is 12.4 Å². The van der Waals surface area contributed by atoms with Gasteiger partial charge in [-0.25, -0.2) is 0 Å². The highest BCUT2D eigenvalue weighted by molar-refractivity contribution is 5.85. The summed E-state index contributed by atoms with van der Waals surface area (Å²) in [7, 11) is 3.38. The Morgan fingerprint density at radius 1 is 1.05 bits per heavy atom. The molecule has 3 nitrogen and oxygen atoms in total. The Morgan fingerprint density at radius 3 is 2.35 bits per heavy atom. The van der Waals surface area contributed by atoms with Crippen molar-refractivity contribution in [3.63, 3.8) is 0 Å². The van der Waals surface area contributed by atoms with Crippen LogP contribution in [0.1, 0.15) is 44.1 Å². The van der Waals surface area contributed by atoms with Crippen LogP contribution in [-0.4, -0.2) is 20.3 Å². The summed E-state index contributed by atoms with van der Waals surface area (Å²) in [5.74, 6) is 1.66. The number of ether oxygens (including phenoxy) is 2. The van der Waals surface area contributed by atoms with Crippen molar-refractivity contribution >= 4 is 12.4 Å². The van der Waals surface area contributed by atoms with Crippen molar-refractivity contribution < 1.29 is 9.47 Å². The van der Waals surface area contributed by atoms with Crippen LogP contribution in [0.15, 0.2) is 18.2 Å². The molecule has 2 rings (SSSR count). The molecule has 0 saturated heterocycles. The second-order valence-corrected chi connectivity index (χ2v) is 5.22. The van der Waals surface area contributed by atoms with Crippen molar-refractivity contribution in [3.05, 3.63) is 23.8 Å². The number of methoxy groups -OCH3 is 2. The van der Waals surface area contributed by atoms with E-state index in [-0.39, 0.29) is 12.4 Å². The number of hydrogen-bond donors (Lipinski definition) is 1. The van der Waals surface area contributed by atoms with Gasteiger partial charge in [-0.05, 0) is 18.9 Å². The molecule has 0 radical (unpaired) electrons. The Labute approximate surface area is 128 Å². The summed E-state index contributed by atoms with van der Waals surface area (Å²) in [6, 6.07) is 6.71. The van der Waals surface area contributed by atoms with Crippen LogP contribution in [0.2, 0.25) is 0 Å². The normalized spacial score (nSPS) is 16.1. The molecule has 1 aliphatic rings. The second-order valence-electron chi connectivity index (χ2n) is 5.22. The van der Waals surface area contributed by atoms with Crippen molar-refractivity contribution in [2.24, 2.45) is 0 Å². The lowest BCUT2D eigenvalue weighted by Crippen LogP contribution is -2.28. The quantitative estimate of drug-likeness (QED) is 0.836. The Bertz CT molecular complexity index is 390. The van der Waals surface area contributed by atoms with Crippen LogP contribution < -0.4 is 14.8 Å². The van der Waals surface area contributed by atoms with E-state index in [1.165, 1.54) is 44.1 Å². The Balaban J connectivity index is 0.00000200. The molecular weight excluding hydrogens is 274 g/mol. The standard InChI is InChI=1S/C16H25NO2.ClH/c1-18-15-11-7-8-13(16(15)19-2)12-17-14-9-5-3-4-6-10-14;/h7-8,11,14,17H,3-6,9-10,12H2,1-2H3;1H. The van der Waals surface area contributed by atoms with Crippen LogP contribution in [0.3, 0.4) is 0 Å². The van der Waals surface area contributed by atoms with Gasteiger partial charge in [0.15, 0.2) is 11.5 Å². The number of para-hydroxylation sites is 1. The van der Waals surface area contributed by atoms with Gasteiger partial charge >= 0.3 is 0 Å². The van der Waals surface area contributed by atoms with Crippen LogP contribution in [0.5, 0.6) is 11.5 Å². The van der Waals surface area contributed by atoms with E-state index < -0.39 is 0 Å². The first-order valence-corrected chi connectivity index (χ1v) is 7.28. The SMILES string of the molecule is COc1cccc(CNC2CCCCCC2)c1OC.Cl. The van der Waals surface area contributed by atoms with E-state index in [0.717, 1.165) is 18.0 Å². The molecule has 0 atom stereocenters. The molecule has 1 aromatic carbocycles. The zero-order valence-electron chi connectivity index (χ0n) is 12.5. The van der Waals surface area contributed by atoms with Gasteiger partial charge in [-0.3, -0.25) is 0 Å². The highest BCUT2D eigenvalue weighted by Gasteiger charge is 2.14. The summed E-state index contributed by atoms with van der Waals surface area (Å²) in [6.45, 7) is 0.852. The minimum Gasteiger partial charge on any atom is -0.493 e. The van der Waals surface area contributed by atoms with Gasteiger partial charge in [-0.15, -0.1) is 12.4 Å². The van der Waals surface area contributed by atoms with Gasteiger partial charge in [0.05, 0.1) is 14.2 Å². The molecule has 1 saturated carbocycles. The van der Waals surface area contributed by atoms with Gasteiger partial charge in [0.2, 0.25) is 0 Å². The van der Waals surface area contributed by atoms with E-state index in [0.29, 0.717) is 6.04 Å². The maximum absolute atomic E-state index is 5.47. The Hall–Kier alpha value is -0.930. The first-order chi connectivity index (χ1) is 9.35. The average Bonchev–Trinajstić information content (AvgIpc) is 2.73. The molecule has 0 aliphatic heterocycles. The molecule has 114 valence electrons. The number of hydrogen-bond acceptors (Lipinski definition) is 3. The summed E-state index contributed by atoms with van der Waals surface area (Å²) >= 11 is 0. The molecule has 0 bridgehead atoms. The summed E-state index contributed by atoms with van der Waals surface area (Å²) in [5.41, 5.74) is 1.17. The molecule has 1 N–H and O–H groups in total. The van der Waals surface area contributed by atoms with E-state index in [1.54, 1.807) is 14.2 Å². The van der Waals surface area contributed by atoms with Gasteiger partial charge in [0.1, 0.15) is 0 Å². The smallest absolute Gasteiger partial charge is 0.165 e. The molecule has 1 fully saturated rings. The molecule has 0 unspecified atom stereocenters. The molecule has 4 heteroatoms. The Kier molecular flexibility index (Phi) is 7.78. The van der Waals surface area contributed by atoms with Gasteiger partial charge < -0.3 is 14.8 Å². The summed E-state index contributed by atoms with van der Waals surface area (Å²) in [6.07, 6.45) is 8.08. The van der Waals surface area contributed by atoms with Crippen molar-refractivity contribution in [3.8, 4) is 11.5 Å². The molecular formula is C16H26ClNO2. The zero-order chi connectivity index (χ0) is 13.5. The fraction of sp³-hybridized carbons (Fsp3) is 0.625. The topological polar surface area (TPSA) is 30.5 Å². The first kappa shape index (κ1) is 17.1. The molecule has 0 aromatic heterocycles. The maximum Gasteiger partial charge on any atom is 0.165 e. The summed E-state index contributed by atoms with van der Waals surface area (Å²) < 4.78 is 10.8. The molecule has 1 aliphatic carbocycles. The number of rotatable bonds is 5. The lowest BCUT2D eigenvalue weighted by Gasteiger charge is -2.18. The molecule has 0 spiro atoms. The lowest BCUT2D eigenvalue weighted by atomic mass is 10.1. The minimum atomic E-state index is 0. The van der Waals surface area contributed by atoms with Crippen LogP contribution in [0.25, 0.3) is 0 Å². The molecule has 0 heterocycles. The Morgan fingerprint density at radius 2 is 1.75 bits per heavy atom. The zero-order valence-corrected chi connectivity index (χ0v) is 13.3. The van der Waals surface area contributed by atoms with E-state index >= 15 is 0 Å². The monoisotopic (exact) mass is 299 g/mol. The first-order valence-electron chi connectivity index (χ1n) is 7.28. The number of nitrogens with one attached hydrogen (secondary N) is 1. The highest BCUT2D eigenvalue weighted by Crippen LogP contribution is 2.30.